The summed E-state index contributed by atoms with van der Waals surface area (Å²) in [6.07, 6.45) is 3.23. The zero-order valence-corrected chi connectivity index (χ0v) is 13.2. The number of benzene rings is 1. The highest BCUT2D eigenvalue weighted by molar-refractivity contribution is 9.10. The second-order valence-corrected chi connectivity index (χ2v) is 7.78. The van der Waals surface area contributed by atoms with E-state index in [0.717, 1.165) is 19.3 Å². The van der Waals surface area contributed by atoms with E-state index in [0.29, 0.717) is 16.0 Å². The quantitative estimate of drug-likeness (QED) is 0.880. The molecule has 100 valence electrons. The summed E-state index contributed by atoms with van der Waals surface area (Å²) < 4.78 is 27.5. The summed E-state index contributed by atoms with van der Waals surface area (Å²) in [5.41, 5.74) is 0.191. The Kier molecular flexibility index (Phi) is 4.07. The van der Waals surface area contributed by atoms with E-state index in [1.165, 1.54) is 12.1 Å². The Bertz CT molecular complexity index is 555. The zero-order valence-electron chi connectivity index (χ0n) is 10.0. The molecule has 1 aliphatic rings. The molecule has 0 amide bonds. The van der Waals surface area contributed by atoms with Crippen LogP contribution < -0.4 is 4.72 Å². The first-order valence-electron chi connectivity index (χ1n) is 5.83. The van der Waals surface area contributed by atoms with Crippen LogP contribution in [-0.2, 0) is 10.0 Å². The van der Waals surface area contributed by atoms with Gasteiger partial charge in [-0.1, -0.05) is 18.5 Å². The van der Waals surface area contributed by atoms with Crippen LogP contribution in [0, 0.1) is 5.41 Å². The minimum absolute atomic E-state index is 0.191. The number of sulfonamides is 1. The maximum Gasteiger partial charge on any atom is 0.240 e. The molecular formula is C12H15BrClNO2S. The smallest absolute Gasteiger partial charge is 0.211 e. The standard InChI is InChI=1S/C12H15BrClNO2S/c1-2-12(5-6-12)8-15-18(16,17)9-3-4-11(14)10(13)7-9/h3-4,7,15H,2,5-6,8H2,1H3. The van der Waals surface area contributed by atoms with Gasteiger partial charge in [0.25, 0.3) is 0 Å². The van der Waals surface area contributed by atoms with Crippen molar-refractivity contribution in [2.24, 2.45) is 5.41 Å². The minimum Gasteiger partial charge on any atom is -0.211 e. The first kappa shape index (κ1) is 14.3. The van der Waals surface area contributed by atoms with Gasteiger partial charge in [-0.2, -0.15) is 0 Å². The molecule has 0 aliphatic heterocycles. The van der Waals surface area contributed by atoms with Crippen molar-refractivity contribution in [1.82, 2.24) is 4.72 Å². The normalized spacial score (nSPS) is 17.7. The summed E-state index contributed by atoms with van der Waals surface area (Å²) in [7, 11) is -3.44. The minimum atomic E-state index is -3.44. The van der Waals surface area contributed by atoms with Crippen LogP contribution in [0.25, 0.3) is 0 Å². The van der Waals surface area contributed by atoms with Gasteiger partial charge in [-0.3, -0.25) is 0 Å². The molecule has 1 N–H and O–H groups in total. The van der Waals surface area contributed by atoms with Gasteiger partial charge >= 0.3 is 0 Å². The fourth-order valence-electron chi connectivity index (χ4n) is 1.81. The van der Waals surface area contributed by atoms with E-state index in [1.54, 1.807) is 6.07 Å². The Hall–Kier alpha value is -0.100. The van der Waals surface area contributed by atoms with Gasteiger partial charge in [0.15, 0.2) is 0 Å². The fourth-order valence-corrected chi connectivity index (χ4v) is 3.64. The topological polar surface area (TPSA) is 46.2 Å². The highest BCUT2D eigenvalue weighted by Gasteiger charge is 2.41. The first-order valence-corrected chi connectivity index (χ1v) is 8.49. The predicted molar refractivity (Wildman–Crippen MR) is 76.3 cm³/mol. The van der Waals surface area contributed by atoms with E-state index >= 15 is 0 Å². The maximum atomic E-state index is 12.1. The maximum absolute atomic E-state index is 12.1. The third-order valence-corrected chi connectivity index (χ3v) is 6.16. The van der Waals surface area contributed by atoms with Crippen molar-refractivity contribution in [3.8, 4) is 0 Å². The lowest BCUT2D eigenvalue weighted by Gasteiger charge is -2.14. The van der Waals surface area contributed by atoms with Crippen LogP contribution in [0.4, 0.5) is 0 Å². The lowest BCUT2D eigenvalue weighted by atomic mass is 10.1. The van der Waals surface area contributed by atoms with E-state index in [9.17, 15) is 8.42 Å². The van der Waals surface area contributed by atoms with Gasteiger partial charge in [-0.05, 0) is 58.8 Å². The van der Waals surface area contributed by atoms with Crippen LogP contribution in [0.3, 0.4) is 0 Å². The van der Waals surface area contributed by atoms with E-state index in [4.69, 9.17) is 11.6 Å². The zero-order chi connectivity index (χ0) is 13.4. The molecule has 2 rings (SSSR count). The molecule has 0 spiro atoms. The van der Waals surface area contributed by atoms with Crippen molar-refractivity contribution < 1.29 is 8.42 Å². The number of nitrogens with one attached hydrogen (secondary N) is 1. The molecule has 3 nitrogen and oxygen atoms in total. The van der Waals surface area contributed by atoms with Crippen molar-refractivity contribution in [1.29, 1.82) is 0 Å². The Balaban J connectivity index is 2.13. The number of halogens is 2. The third kappa shape index (κ3) is 3.07. The average molecular weight is 353 g/mol. The molecule has 0 saturated heterocycles. The SMILES string of the molecule is CCC1(CNS(=O)(=O)c2ccc(Cl)c(Br)c2)CC1. The summed E-state index contributed by atoms with van der Waals surface area (Å²) >= 11 is 9.08. The summed E-state index contributed by atoms with van der Waals surface area (Å²) in [4.78, 5) is 0.241. The molecule has 1 fully saturated rings. The fraction of sp³-hybridized carbons (Fsp3) is 0.500. The Morgan fingerprint density at radius 3 is 2.61 bits per heavy atom. The van der Waals surface area contributed by atoms with Crippen molar-refractivity contribution in [2.75, 3.05) is 6.54 Å². The molecule has 1 saturated carbocycles. The van der Waals surface area contributed by atoms with E-state index in [-0.39, 0.29) is 10.3 Å². The predicted octanol–water partition coefficient (Wildman–Crippen LogP) is 3.57. The van der Waals surface area contributed by atoms with Crippen molar-refractivity contribution in [2.45, 2.75) is 31.1 Å². The van der Waals surface area contributed by atoms with E-state index < -0.39 is 10.0 Å². The number of rotatable bonds is 5. The summed E-state index contributed by atoms with van der Waals surface area (Å²) in [6, 6.07) is 4.62. The first-order chi connectivity index (χ1) is 8.38. The third-order valence-electron chi connectivity index (χ3n) is 3.55. The van der Waals surface area contributed by atoms with Crippen molar-refractivity contribution in [3.63, 3.8) is 0 Å². The molecule has 6 heteroatoms. The van der Waals surface area contributed by atoms with Crippen LogP contribution in [-0.4, -0.2) is 15.0 Å². The average Bonchev–Trinajstić information content (AvgIpc) is 3.11. The van der Waals surface area contributed by atoms with Gasteiger partial charge < -0.3 is 0 Å². The van der Waals surface area contributed by atoms with Crippen molar-refractivity contribution >= 4 is 37.6 Å². The van der Waals surface area contributed by atoms with Crippen LogP contribution in [0.1, 0.15) is 26.2 Å². The molecule has 0 radical (unpaired) electrons. The molecular weight excluding hydrogens is 338 g/mol. The van der Waals surface area contributed by atoms with Gasteiger partial charge in [-0.25, -0.2) is 13.1 Å². The molecule has 1 aromatic rings. The summed E-state index contributed by atoms with van der Waals surface area (Å²) in [5.74, 6) is 0. The van der Waals surface area contributed by atoms with Gasteiger partial charge in [-0.15, -0.1) is 0 Å². The Morgan fingerprint density at radius 1 is 1.44 bits per heavy atom. The molecule has 0 aromatic heterocycles. The number of hydrogen-bond acceptors (Lipinski definition) is 2. The molecule has 0 atom stereocenters. The molecule has 0 heterocycles. The lowest BCUT2D eigenvalue weighted by molar-refractivity contribution is 0.475. The van der Waals surface area contributed by atoms with Crippen molar-refractivity contribution in [3.05, 3.63) is 27.7 Å². The second kappa shape index (κ2) is 5.12. The van der Waals surface area contributed by atoms with Gasteiger partial charge in [0.05, 0.1) is 9.92 Å². The largest absolute Gasteiger partial charge is 0.240 e. The molecule has 0 unspecified atom stereocenters. The monoisotopic (exact) mass is 351 g/mol. The highest BCUT2D eigenvalue weighted by Crippen LogP contribution is 2.48. The van der Waals surface area contributed by atoms with E-state index in [1.807, 2.05) is 0 Å². The van der Waals surface area contributed by atoms with Gasteiger partial charge in [0.2, 0.25) is 10.0 Å². The van der Waals surface area contributed by atoms with Crippen LogP contribution >= 0.6 is 27.5 Å². The molecule has 0 bridgehead atoms. The summed E-state index contributed by atoms with van der Waals surface area (Å²) in [6.45, 7) is 2.62. The number of hydrogen-bond donors (Lipinski definition) is 1. The highest BCUT2D eigenvalue weighted by atomic mass is 79.9. The van der Waals surface area contributed by atoms with Crippen LogP contribution in [0.15, 0.2) is 27.6 Å². The molecule has 1 aliphatic carbocycles. The van der Waals surface area contributed by atoms with Crippen LogP contribution in [0.2, 0.25) is 5.02 Å². The molecule has 18 heavy (non-hydrogen) atoms. The second-order valence-electron chi connectivity index (χ2n) is 4.75. The van der Waals surface area contributed by atoms with E-state index in [2.05, 4.69) is 27.6 Å². The van der Waals surface area contributed by atoms with Gasteiger partial charge in [0, 0.05) is 11.0 Å². The van der Waals surface area contributed by atoms with Crippen LogP contribution in [0.5, 0.6) is 0 Å². The summed E-state index contributed by atoms with van der Waals surface area (Å²) in [5, 5.41) is 0.501. The molecule has 1 aromatic carbocycles. The lowest BCUT2D eigenvalue weighted by Crippen LogP contribution is -2.30. The Labute approximate surface area is 121 Å². The van der Waals surface area contributed by atoms with Gasteiger partial charge in [0.1, 0.15) is 0 Å². The Morgan fingerprint density at radius 2 is 2.11 bits per heavy atom.